The zero-order valence-corrected chi connectivity index (χ0v) is 13.5. The summed E-state index contributed by atoms with van der Waals surface area (Å²) in [6, 6.07) is 20.2. The molecule has 0 aliphatic rings. The second-order valence-electron chi connectivity index (χ2n) is 4.63. The minimum atomic E-state index is 0.102. The summed E-state index contributed by atoms with van der Waals surface area (Å²) in [7, 11) is 0. The molecule has 3 rings (SSSR count). The van der Waals surface area contributed by atoms with Gasteiger partial charge in [0.2, 0.25) is 0 Å². The number of hydrogen-bond acceptors (Lipinski definition) is 2. The van der Waals surface area contributed by atoms with Gasteiger partial charge < -0.3 is 5.73 Å². The van der Waals surface area contributed by atoms with E-state index in [0.717, 1.165) is 25.7 Å². The van der Waals surface area contributed by atoms with E-state index >= 15 is 0 Å². The van der Waals surface area contributed by atoms with Gasteiger partial charge in [-0.1, -0.05) is 58.0 Å². The van der Waals surface area contributed by atoms with Crippen molar-refractivity contribution >= 4 is 44.3 Å². The first kappa shape index (κ1) is 14.2. The van der Waals surface area contributed by atoms with Gasteiger partial charge in [0.05, 0.1) is 0 Å². The van der Waals surface area contributed by atoms with Gasteiger partial charge in [0, 0.05) is 19.8 Å². The Labute approximate surface area is 136 Å². The normalized spacial score (nSPS) is 10.7. The summed E-state index contributed by atoms with van der Waals surface area (Å²) >= 11 is 5.21. The lowest BCUT2D eigenvalue weighted by Gasteiger charge is -2.10. The highest BCUT2D eigenvalue weighted by molar-refractivity contribution is 9.10. The Morgan fingerprint density at radius 1 is 0.952 bits per heavy atom. The molecule has 2 nitrogen and oxygen atoms in total. The summed E-state index contributed by atoms with van der Waals surface area (Å²) in [4.78, 5) is 2.33. The topological polar surface area (TPSA) is 49.9 Å². The van der Waals surface area contributed by atoms with Crippen molar-refractivity contribution in [3.05, 3.63) is 70.7 Å². The Morgan fingerprint density at radius 2 is 1.71 bits per heavy atom. The summed E-state index contributed by atoms with van der Waals surface area (Å²) in [5.41, 5.74) is 6.45. The van der Waals surface area contributed by atoms with Crippen LogP contribution in [0, 0.1) is 5.41 Å². The molecule has 3 aromatic carbocycles. The Morgan fingerprint density at radius 3 is 2.43 bits per heavy atom. The molecule has 0 saturated carbocycles. The van der Waals surface area contributed by atoms with Gasteiger partial charge in [0.1, 0.15) is 5.84 Å². The molecule has 0 radical (unpaired) electrons. The first-order valence-corrected chi connectivity index (χ1v) is 8.05. The number of nitrogens with one attached hydrogen (secondary N) is 1. The van der Waals surface area contributed by atoms with Gasteiger partial charge in [-0.3, -0.25) is 5.41 Å². The van der Waals surface area contributed by atoms with Crippen LogP contribution in [0.15, 0.2) is 74.9 Å². The highest BCUT2D eigenvalue weighted by Crippen LogP contribution is 2.35. The number of hydrogen-bond donors (Lipinski definition) is 2. The number of nitrogen functional groups attached to an aromatic ring is 1. The Bertz CT molecular complexity index is 830. The lowest BCUT2D eigenvalue weighted by Crippen LogP contribution is -2.11. The van der Waals surface area contributed by atoms with Crippen LogP contribution in [-0.4, -0.2) is 5.84 Å². The minimum absolute atomic E-state index is 0.102. The van der Waals surface area contributed by atoms with E-state index in [4.69, 9.17) is 11.1 Å². The van der Waals surface area contributed by atoms with Crippen LogP contribution in [0.1, 0.15) is 5.56 Å². The highest BCUT2D eigenvalue weighted by atomic mass is 79.9. The number of nitrogens with two attached hydrogens (primary N) is 1. The SMILES string of the molecule is N=C(N)c1ccc(Sc2cccc(Br)c2)c2ccccc12. The molecule has 0 unspecified atom stereocenters. The highest BCUT2D eigenvalue weighted by Gasteiger charge is 2.08. The van der Waals surface area contributed by atoms with Gasteiger partial charge in [-0.05, 0) is 41.1 Å². The molecule has 104 valence electrons. The third kappa shape index (κ3) is 2.96. The fourth-order valence-corrected chi connectivity index (χ4v) is 3.81. The molecule has 0 spiro atoms. The predicted octanol–water partition coefficient (Wildman–Crippen LogP) is 5.04. The summed E-state index contributed by atoms with van der Waals surface area (Å²) in [5.74, 6) is 0.102. The Kier molecular flexibility index (Phi) is 3.99. The maximum absolute atomic E-state index is 7.70. The molecule has 0 atom stereocenters. The molecule has 0 saturated heterocycles. The molecular weight excluding hydrogens is 344 g/mol. The fourth-order valence-electron chi connectivity index (χ4n) is 2.25. The molecule has 4 heteroatoms. The van der Waals surface area contributed by atoms with Crippen molar-refractivity contribution in [2.75, 3.05) is 0 Å². The van der Waals surface area contributed by atoms with Crippen LogP contribution in [0.5, 0.6) is 0 Å². The van der Waals surface area contributed by atoms with Gasteiger partial charge in [-0.25, -0.2) is 0 Å². The molecule has 3 aromatic rings. The van der Waals surface area contributed by atoms with E-state index in [9.17, 15) is 0 Å². The van der Waals surface area contributed by atoms with E-state index in [2.05, 4.69) is 34.1 Å². The molecule has 3 N–H and O–H groups in total. The molecule has 0 heterocycles. The second-order valence-corrected chi connectivity index (χ2v) is 6.66. The van der Waals surface area contributed by atoms with Crippen LogP contribution >= 0.6 is 27.7 Å². The van der Waals surface area contributed by atoms with Crippen LogP contribution in [0.3, 0.4) is 0 Å². The number of benzene rings is 3. The Balaban J connectivity index is 2.12. The van der Waals surface area contributed by atoms with E-state index in [1.165, 1.54) is 4.90 Å². The average molecular weight is 357 g/mol. The van der Waals surface area contributed by atoms with Gasteiger partial charge in [-0.15, -0.1) is 0 Å². The number of halogens is 1. The van der Waals surface area contributed by atoms with E-state index in [1.54, 1.807) is 11.8 Å². The van der Waals surface area contributed by atoms with Crippen molar-refractivity contribution in [2.24, 2.45) is 5.73 Å². The van der Waals surface area contributed by atoms with E-state index in [-0.39, 0.29) is 5.84 Å². The monoisotopic (exact) mass is 356 g/mol. The lowest BCUT2D eigenvalue weighted by atomic mass is 10.0. The quantitative estimate of drug-likeness (QED) is 0.510. The van der Waals surface area contributed by atoms with E-state index < -0.39 is 0 Å². The van der Waals surface area contributed by atoms with Crippen LogP contribution in [0.2, 0.25) is 0 Å². The smallest absolute Gasteiger partial charge is 0.123 e. The third-order valence-electron chi connectivity index (χ3n) is 3.20. The van der Waals surface area contributed by atoms with Gasteiger partial charge in [0.15, 0.2) is 0 Å². The molecular formula is C17H13BrN2S. The van der Waals surface area contributed by atoms with Crippen molar-refractivity contribution in [2.45, 2.75) is 9.79 Å². The zero-order valence-electron chi connectivity index (χ0n) is 11.1. The van der Waals surface area contributed by atoms with E-state index in [0.29, 0.717) is 0 Å². The molecule has 0 aliphatic heterocycles. The van der Waals surface area contributed by atoms with Crippen LogP contribution < -0.4 is 5.73 Å². The van der Waals surface area contributed by atoms with Crippen molar-refractivity contribution in [1.82, 2.24) is 0 Å². The molecule has 0 fully saturated rings. The zero-order chi connectivity index (χ0) is 14.8. The number of rotatable bonds is 3. The lowest BCUT2D eigenvalue weighted by molar-refractivity contribution is 1.40. The third-order valence-corrected chi connectivity index (χ3v) is 4.76. The van der Waals surface area contributed by atoms with Crippen LogP contribution in [0.25, 0.3) is 10.8 Å². The van der Waals surface area contributed by atoms with Gasteiger partial charge >= 0.3 is 0 Å². The molecule has 0 aromatic heterocycles. The van der Waals surface area contributed by atoms with E-state index in [1.807, 2.05) is 42.5 Å². The fraction of sp³-hybridized carbons (Fsp3) is 0. The predicted molar refractivity (Wildman–Crippen MR) is 93.2 cm³/mol. The maximum Gasteiger partial charge on any atom is 0.123 e. The summed E-state index contributed by atoms with van der Waals surface area (Å²) < 4.78 is 1.07. The maximum atomic E-state index is 7.70. The number of fused-ring (bicyclic) bond motifs is 1. The second kappa shape index (κ2) is 5.92. The minimum Gasteiger partial charge on any atom is -0.384 e. The first-order valence-electron chi connectivity index (χ1n) is 6.45. The summed E-state index contributed by atoms with van der Waals surface area (Å²) in [5, 5.41) is 9.84. The summed E-state index contributed by atoms with van der Waals surface area (Å²) in [6.45, 7) is 0. The Hall–Kier alpha value is -1.78. The van der Waals surface area contributed by atoms with Gasteiger partial charge in [-0.2, -0.15) is 0 Å². The first-order chi connectivity index (χ1) is 10.1. The molecule has 0 amide bonds. The largest absolute Gasteiger partial charge is 0.384 e. The van der Waals surface area contributed by atoms with Crippen molar-refractivity contribution in [1.29, 1.82) is 5.41 Å². The van der Waals surface area contributed by atoms with Crippen LogP contribution in [0.4, 0.5) is 0 Å². The molecule has 0 aliphatic carbocycles. The van der Waals surface area contributed by atoms with Crippen molar-refractivity contribution < 1.29 is 0 Å². The summed E-state index contributed by atoms with van der Waals surface area (Å²) in [6.07, 6.45) is 0. The molecule has 0 bridgehead atoms. The average Bonchev–Trinajstić information content (AvgIpc) is 2.47. The van der Waals surface area contributed by atoms with Crippen molar-refractivity contribution in [3.8, 4) is 0 Å². The van der Waals surface area contributed by atoms with Crippen molar-refractivity contribution in [3.63, 3.8) is 0 Å². The van der Waals surface area contributed by atoms with Crippen LogP contribution in [-0.2, 0) is 0 Å². The number of amidine groups is 1. The molecule has 21 heavy (non-hydrogen) atoms. The standard InChI is InChI=1S/C17H13BrN2S/c18-11-4-3-5-12(10-11)21-16-9-8-15(17(19)20)13-6-1-2-7-14(13)16/h1-10H,(H3,19,20). The van der Waals surface area contributed by atoms with Gasteiger partial charge in [0.25, 0.3) is 0 Å².